The van der Waals surface area contributed by atoms with E-state index in [2.05, 4.69) is 10.3 Å². The minimum Gasteiger partial charge on any atom is -0.481 e. The van der Waals surface area contributed by atoms with Crippen LogP contribution in [0.2, 0.25) is 0 Å². The summed E-state index contributed by atoms with van der Waals surface area (Å²) >= 11 is 0. The first kappa shape index (κ1) is 29.5. The highest BCUT2D eigenvalue weighted by molar-refractivity contribution is 5.98. The summed E-state index contributed by atoms with van der Waals surface area (Å²) in [7, 11) is 1.59. The number of carbonyl (C=O) groups excluding carboxylic acids is 2. The number of carboxylic acid groups (broad SMARTS) is 1. The van der Waals surface area contributed by atoms with Gasteiger partial charge in [-0.3, -0.25) is 30.3 Å². The zero-order valence-electron chi connectivity index (χ0n) is 21.4. The van der Waals surface area contributed by atoms with Crippen LogP contribution < -0.4 is 5.32 Å². The molecule has 2 aromatic carbocycles. The van der Waals surface area contributed by atoms with E-state index in [1.165, 1.54) is 48.5 Å². The number of aliphatic carboxylic acids is 1. The summed E-state index contributed by atoms with van der Waals surface area (Å²) in [6.07, 6.45) is -0.228. The molecule has 15 heteroatoms. The summed E-state index contributed by atoms with van der Waals surface area (Å²) in [5.74, 6) is -1.53. The van der Waals surface area contributed by atoms with Crippen molar-refractivity contribution in [2.45, 2.75) is 44.9 Å². The number of nitrogens with one attached hydrogen (secondary N) is 1. The number of alkyl carbamates (subject to hydrolysis) is 1. The van der Waals surface area contributed by atoms with Crippen LogP contribution in [-0.4, -0.2) is 57.1 Å². The van der Waals surface area contributed by atoms with Gasteiger partial charge in [-0.25, -0.2) is 9.59 Å². The van der Waals surface area contributed by atoms with Crippen molar-refractivity contribution >= 4 is 35.5 Å². The van der Waals surface area contributed by atoms with Crippen molar-refractivity contribution in [1.82, 2.24) is 10.2 Å². The number of aliphatic imine (C=N–C) groups is 1. The van der Waals surface area contributed by atoms with Crippen LogP contribution >= 0.6 is 0 Å². The Bertz CT molecular complexity index is 1270. The Balaban J connectivity index is 1.66. The predicted octanol–water partition coefficient (Wildman–Crippen LogP) is 4.00. The van der Waals surface area contributed by atoms with E-state index in [-0.39, 0.29) is 36.6 Å². The van der Waals surface area contributed by atoms with Crippen molar-refractivity contribution in [2.24, 2.45) is 10.9 Å². The third-order valence-corrected chi connectivity index (χ3v) is 6.37. The number of non-ortho nitro benzene ring substituents is 2. The topological polar surface area (TPSA) is 204 Å². The lowest BCUT2D eigenvalue weighted by Gasteiger charge is -2.34. The number of guanidine groups is 1. The van der Waals surface area contributed by atoms with Crippen molar-refractivity contribution in [3.8, 4) is 0 Å². The van der Waals surface area contributed by atoms with E-state index in [1.807, 2.05) is 0 Å². The van der Waals surface area contributed by atoms with Crippen molar-refractivity contribution in [1.29, 1.82) is 0 Å². The maximum atomic E-state index is 12.5. The van der Waals surface area contributed by atoms with Gasteiger partial charge in [0.25, 0.3) is 11.4 Å². The first-order valence-corrected chi connectivity index (χ1v) is 12.1. The van der Waals surface area contributed by atoms with Gasteiger partial charge < -0.3 is 19.5 Å². The maximum absolute atomic E-state index is 12.5. The Morgan fingerprint density at radius 2 is 1.38 bits per heavy atom. The zero-order valence-corrected chi connectivity index (χ0v) is 21.4. The van der Waals surface area contributed by atoms with Gasteiger partial charge in [-0.1, -0.05) is 0 Å². The lowest BCUT2D eigenvalue weighted by molar-refractivity contribution is -0.385. The van der Waals surface area contributed by atoms with Crippen LogP contribution in [0.5, 0.6) is 0 Å². The normalized spacial score (nSPS) is 16.9. The molecule has 1 saturated carbocycles. The highest BCUT2D eigenvalue weighted by Gasteiger charge is 2.30. The van der Waals surface area contributed by atoms with Gasteiger partial charge in [-0.05, 0) is 61.1 Å². The largest absolute Gasteiger partial charge is 0.481 e. The van der Waals surface area contributed by atoms with Crippen LogP contribution in [0.15, 0.2) is 53.5 Å². The third kappa shape index (κ3) is 8.47. The van der Waals surface area contributed by atoms with Gasteiger partial charge in [0, 0.05) is 37.4 Å². The lowest BCUT2D eigenvalue weighted by Crippen LogP contribution is -2.48. The molecule has 0 aromatic heterocycles. The van der Waals surface area contributed by atoms with Gasteiger partial charge in [-0.2, -0.15) is 0 Å². The molecule has 0 saturated heterocycles. The minimum atomic E-state index is -1.05. The molecule has 2 aromatic rings. The summed E-state index contributed by atoms with van der Waals surface area (Å²) in [6.45, 7) is -0.444. The van der Waals surface area contributed by atoms with E-state index in [1.54, 1.807) is 11.9 Å². The lowest BCUT2D eigenvalue weighted by atomic mass is 9.85. The number of rotatable bonds is 8. The van der Waals surface area contributed by atoms with Crippen LogP contribution in [0.4, 0.5) is 21.0 Å². The molecule has 15 nitrogen and oxygen atoms in total. The van der Waals surface area contributed by atoms with Crippen molar-refractivity contribution in [3.05, 3.63) is 79.9 Å². The molecule has 2 amide bonds. The number of hydrogen-bond acceptors (Lipinski definition) is 9. The fourth-order valence-electron chi connectivity index (χ4n) is 4.05. The van der Waals surface area contributed by atoms with Crippen LogP contribution in [0.1, 0.15) is 36.8 Å². The number of benzene rings is 2. The Morgan fingerprint density at radius 3 is 1.82 bits per heavy atom. The van der Waals surface area contributed by atoms with Crippen molar-refractivity contribution in [3.63, 3.8) is 0 Å². The van der Waals surface area contributed by atoms with E-state index in [0.29, 0.717) is 36.8 Å². The van der Waals surface area contributed by atoms with Gasteiger partial charge in [0.05, 0.1) is 15.8 Å². The zero-order chi connectivity index (χ0) is 29.2. The molecule has 2 N–H and O–H groups in total. The second-order valence-corrected chi connectivity index (χ2v) is 8.99. The summed E-state index contributed by atoms with van der Waals surface area (Å²) in [5.41, 5.74) is 0.730. The molecule has 40 heavy (non-hydrogen) atoms. The molecule has 0 aliphatic heterocycles. The highest BCUT2D eigenvalue weighted by Crippen LogP contribution is 2.27. The molecule has 1 aliphatic rings. The minimum absolute atomic E-state index is 0.117. The van der Waals surface area contributed by atoms with Crippen molar-refractivity contribution < 1.29 is 38.8 Å². The average molecular weight is 558 g/mol. The van der Waals surface area contributed by atoms with Gasteiger partial charge in [0.2, 0.25) is 5.96 Å². The number of ether oxygens (including phenoxy) is 2. The molecule has 0 atom stereocenters. The predicted molar refractivity (Wildman–Crippen MR) is 138 cm³/mol. The standard InChI is InChI=1S/C25H27N5O10/c1-28(19-12-6-18(7-13-19)22(31)32)23(26-24(33)39-14-16-2-8-20(9-3-16)29(35)36)27-25(34)40-15-17-4-10-21(11-5-17)30(37)38/h2-5,8-11,18-19H,6-7,12-15H2,1H3,(H,31,32)(H,26,27,33,34)/t18-,19-. The Labute approximate surface area is 227 Å². The van der Waals surface area contributed by atoms with Crippen LogP contribution in [-0.2, 0) is 27.5 Å². The molecule has 1 aliphatic carbocycles. The number of carboxylic acids is 1. The van der Waals surface area contributed by atoms with E-state index in [0.717, 1.165) is 0 Å². The number of carbonyl (C=O) groups is 3. The Morgan fingerprint density at radius 1 is 0.900 bits per heavy atom. The molecule has 0 spiro atoms. The summed E-state index contributed by atoms with van der Waals surface area (Å²) < 4.78 is 10.3. The van der Waals surface area contributed by atoms with Gasteiger partial charge in [0.15, 0.2) is 0 Å². The number of hydrogen-bond donors (Lipinski definition) is 2. The smallest absolute Gasteiger partial charge is 0.437 e. The first-order valence-electron chi connectivity index (χ1n) is 12.1. The first-order chi connectivity index (χ1) is 19.0. The third-order valence-electron chi connectivity index (χ3n) is 6.37. The molecule has 212 valence electrons. The van der Waals surface area contributed by atoms with E-state index in [4.69, 9.17) is 9.47 Å². The fraction of sp³-hybridized carbons (Fsp3) is 0.360. The molecule has 1 fully saturated rings. The molecule has 0 bridgehead atoms. The Kier molecular flexibility index (Phi) is 10.0. The van der Waals surface area contributed by atoms with Crippen molar-refractivity contribution in [2.75, 3.05) is 7.05 Å². The highest BCUT2D eigenvalue weighted by atomic mass is 16.6. The number of nitro groups is 2. The second kappa shape index (κ2) is 13.6. The molecule has 0 radical (unpaired) electrons. The maximum Gasteiger partial charge on any atom is 0.437 e. The quantitative estimate of drug-likeness (QED) is 0.205. The fourth-order valence-corrected chi connectivity index (χ4v) is 4.05. The summed E-state index contributed by atoms with van der Waals surface area (Å²) in [6, 6.07) is 10.6. The van der Waals surface area contributed by atoms with E-state index < -0.39 is 33.9 Å². The summed E-state index contributed by atoms with van der Waals surface area (Å²) in [5, 5.41) is 33.3. The van der Waals surface area contributed by atoms with Gasteiger partial charge in [-0.15, -0.1) is 4.99 Å². The average Bonchev–Trinajstić information content (AvgIpc) is 2.94. The monoisotopic (exact) mass is 557 g/mol. The van der Waals surface area contributed by atoms with Crippen LogP contribution in [0, 0.1) is 26.1 Å². The van der Waals surface area contributed by atoms with Gasteiger partial charge in [0.1, 0.15) is 13.2 Å². The second-order valence-electron chi connectivity index (χ2n) is 8.99. The molecule has 0 heterocycles. The molecule has 3 rings (SSSR count). The SMILES string of the molecule is CN(/C(=N/C(=O)OCc1ccc([N+](=O)[O-])cc1)NC(=O)OCc1ccc([N+](=O)[O-])cc1)[C@H]1CC[C@H](C(=O)O)CC1. The van der Waals surface area contributed by atoms with E-state index in [9.17, 15) is 39.7 Å². The van der Waals surface area contributed by atoms with Gasteiger partial charge >= 0.3 is 18.2 Å². The number of nitro benzene ring substituents is 2. The van der Waals surface area contributed by atoms with Crippen LogP contribution in [0.3, 0.4) is 0 Å². The number of amides is 2. The Hall–Kier alpha value is -5.08. The summed E-state index contributed by atoms with van der Waals surface area (Å²) in [4.78, 5) is 62.2. The molecule has 0 unspecified atom stereocenters. The number of nitrogens with zero attached hydrogens (tertiary/aromatic N) is 4. The van der Waals surface area contributed by atoms with Crippen LogP contribution in [0.25, 0.3) is 0 Å². The molecular weight excluding hydrogens is 530 g/mol. The molecular formula is C25H27N5O10. The van der Waals surface area contributed by atoms with E-state index >= 15 is 0 Å².